The van der Waals surface area contributed by atoms with E-state index < -0.39 is 5.97 Å². The normalized spacial score (nSPS) is 15.9. The molecule has 96 valence electrons. The van der Waals surface area contributed by atoms with E-state index in [1.807, 2.05) is 0 Å². The van der Waals surface area contributed by atoms with Crippen molar-refractivity contribution >= 4 is 40.8 Å². The van der Waals surface area contributed by atoms with E-state index >= 15 is 0 Å². The molecule has 1 saturated heterocycles. The van der Waals surface area contributed by atoms with Crippen molar-refractivity contribution < 1.29 is 19.4 Å². The molecule has 1 N–H and O–H groups in total. The quantitative estimate of drug-likeness (QED) is 0.905. The van der Waals surface area contributed by atoms with E-state index in [0.29, 0.717) is 6.61 Å². The number of ether oxygens (including phenoxy) is 1. The Balaban J connectivity index is 2.51. The van der Waals surface area contributed by atoms with Gasteiger partial charge in [-0.15, -0.1) is 0 Å². The number of benzene rings is 1. The lowest BCUT2D eigenvalue weighted by atomic mass is 10.1. The van der Waals surface area contributed by atoms with Crippen molar-refractivity contribution in [2.75, 3.05) is 24.7 Å². The summed E-state index contributed by atoms with van der Waals surface area (Å²) in [4.78, 5) is 24.2. The summed E-state index contributed by atoms with van der Waals surface area (Å²) in [5.74, 6) is -1.47. The fourth-order valence-electron chi connectivity index (χ4n) is 1.70. The molecule has 1 aliphatic heterocycles. The average molecular weight is 290 g/mol. The van der Waals surface area contributed by atoms with Crippen LogP contribution in [0.5, 0.6) is 0 Å². The monoisotopic (exact) mass is 289 g/mol. The summed E-state index contributed by atoms with van der Waals surface area (Å²) in [5.41, 5.74) is 0.185. The molecule has 18 heavy (non-hydrogen) atoms. The molecule has 1 fully saturated rings. The predicted molar refractivity (Wildman–Crippen MR) is 66.6 cm³/mol. The van der Waals surface area contributed by atoms with E-state index in [9.17, 15) is 9.59 Å². The Morgan fingerprint density at radius 3 is 2.61 bits per heavy atom. The van der Waals surface area contributed by atoms with Gasteiger partial charge >= 0.3 is 5.97 Å². The zero-order chi connectivity index (χ0) is 13.3. The van der Waals surface area contributed by atoms with Gasteiger partial charge in [-0.3, -0.25) is 4.79 Å². The fourth-order valence-corrected chi connectivity index (χ4v) is 2.03. The number of carboxylic acids is 1. The van der Waals surface area contributed by atoms with Gasteiger partial charge < -0.3 is 14.7 Å². The van der Waals surface area contributed by atoms with Crippen LogP contribution >= 0.6 is 23.2 Å². The fraction of sp³-hybridized carbons (Fsp3) is 0.273. The Bertz CT molecular complexity index is 518. The summed E-state index contributed by atoms with van der Waals surface area (Å²) >= 11 is 11.6. The van der Waals surface area contributed by atoms with Crippen molar-refractivity contribution in [3.8, 4) is 0 Å². The number of amides is 1. The minimum absolute atomic E-state index is 0.0559. The van der Waals surface area contributed by atoms with Gasteiger partial charge in [0, 0.05) is 6.54 Å². The van der Waals surface area contributed by atoms with Crippen molar-refractivity contribution in [1.82, 2.24) is 0 Å². The highest BCUT2D eigenvalue weighted by atomic mass is 35.5. The van der Waals surface area contributed by atoms with E-state index in [1.54, 1.807) is 0 Å². The Labute approximate surface area is 113 Å². The number of carboxylic acid groups (broad SMARTS) is 1. The molecule has 1 aliphatic rings. The number of morpholine rings is 1. The summed E-state index contributed by atoms with van der Waals surface area (Å²) in [6.45, 7) is 0.571. The van der Waals surface area contributed by atoms with Crippen LogP contribution in [0.3, 0.4) is 0 Å². The maximum Gasteiger partial charge on any atom is 0.337 e. The molecular weight excluding hydrogens is 281 g/mol. The molecule has 7 heteroatoms. The van der Waals surface area contributed by atoms with Gasteiger partial charge in [0.1, 0.15) is 6.61 Å². The molecule has 0 saturated carbocycles. The van der Waals surface area contributed by atoms with Gasteiger partial charge in [0.05, 0.1) is 27.9 Å². The zero-order valence-electron chi connectivity index (χ0n) is 9.15. The van der Waals surface area contributed by atoms with Crippen LogP contribution in [0.15, 0.2) is 12.1 Å². The molecule has 1 aromatic carbocycles. The highest BCUT2D eigenvalue weighted by molar-refractivity contribution is 6.42. The summed E-state index contributed by atoms with van der Waals surface area (Å²) in [7, 11) is 0. The highest BCUT2D eigenvalue weighted by Gasteiger charge is 2.25. The number of carbonyl (C=O) groups is 2. The lowest BCUT2D eigenvalue weighted by Crippen LogP contribution is -2.42. The second-order valence-electron chi connectivity index (χ2n) is 3.69. The van der Waals surface area contributed by atoms with Crippen LogP contribution in [-0.4, -0.2) is 36.7 Å². The highest BCUT2D eigenvalue weighted by Crippen LogP contribution is 2.32. The lowest BCUT2D eigenvalue weighted by molar-refractivity contribution is -0.125. The van der Waals surface area contributed by atoms with Gasteiger partial charge in [0.15, 0.2) is 0 Å². The van der Waals surface area contributed by atoms with Crippen molar-refractivity contribution in [2.24, 2.45) is 0 Å². The van der Waals surface area contributed by atoms with Crippen molar-refractivity contribution in [3.63, 3.8) is 0 Å². The van der Waals surface area contributed by atoms with Gasteiger partial charge in [0.25, 0.3) is 5.91 Å². The first-order valence-corrected chi connectivity index (χ1v) is 5.86. The van der Waals surface area contributed by atoms with Crippen LogP contribution in [0.2, 0.25) is 10.0 Å². The molecule has 5 nitrogen and oxygen atoms in total. The van der Waals surface area contributed by atoms with Crippen LogP contribution in [0.4, 0.5) is 5.69 Å². The number of aromatic carboxylic acids is 1. The van der Waals surface area contributed by atoms with Gasteiger partial charge in [0.2, 0.25) is 0 Å². The lowest BCUT2D eigenvalue weighted by Gasteiger charge is -2.28. The van der Waals surface area contributed by atoms with Crippen LogP contribution in [-0.2, 0) is 9.53 Å². The van der Waals surface area contributed by atoms with Gasteiger partial charge in [-0.1, -0.05) is 23.2 Å². The molecular formula is C11H9Cl2NO4. The third kappa shape index (κ3) is 2.43. The van der Waals surface area contributed by atoms with Crippen molar-refractivity contribution in [3.05, 3.63) is 27.7 Å². The van der Waals surface area contributed by atoms with E-state index in [2.05, 4.69) is 0 Å². The smallest absolute Gasteiger partial charge is 0.337 e. The Kier molecular flexibility index (Phi) is 3.75. The van der Waals surface area contributed by atoms with E-state index in [1.165, 1.54) is 17.0 Å². The first-order valence-electron chi connectivity index (χ1n) is 5.11. The first-order chi connectivity index (χ1) is 8.50. The molecule has 0 atom stereocenters. The number of halogens is 2. The van der Waals surface area contributed by atoms with Gasteiger partial charge in [-0.25, -0.2) is 4.79 Å². The van der Waals surface area contributed by atoms with E-state index in [-0.39, 0.29) is 40.4 Å². The zero-order valence-corrected chi connectivity index (χ0v) is 10.7. The third-order valence-electron chi connectivity index (χ3n) is 2.55. The maximum atomic E-state index is 11.7. The van der Waals surface area contributed by atoms with E-state index in [0.717, 1.165) is 0 Å². The minimum Gasteiger partial charge on any atom is -0.478 e. The second-order valence-corrected chi connectivity index (χ2v) is 4.50. The summed E-state index contributed by atoms with van der Waals surface area (Å²) in [6, 6.07) is 2.63. The van der Waals surface area contributed by atoms with E-state index in [4.69, 9.17) is 33.0 Å². The molecule has 0 radical (unpaired) electrons. The third-order valence-corrected chi connectivity index (χ3v) is 3.27. The number of hydrogen-bond donors (Lipinski definition) is 1. The molecule has 1 heterocycles. The summed E-state index contributed by atoms with van der Waals surface area (Å²) < 4.78 is 4.99. The maximum absolute atomic E-state index is 11.7. The van der Waals surface area contributed by atoms with Crippen molar-refractivity contribution in [1.29, 1.82) is 0 Å². The predicted octanol–water partition coefficient (Wildman–Crippen LogP) is 2.05. The standard InChI is InChI=1S/C11H9Cl2NO4/c12-7-3-6(11(16)17)9(4-8(7)13)14-1-2-18-5-10(14)15/h3-4H,1-2,5H2,(H,16,17). The molecule has 0 bridgehead atoms. The molecule has 1 aromatic rings. The number of rotatable bonds is 2. The van der Waals surface area contributed by atoms with Crippen LogP contribution in [0.25, 0.3) is 0 Å². The number of anilines is 1. The summed E-state index contributed by atoms with van der Waals surface area (Å²) in [5, 5.41) is 9.47. The Morgan fingerprint density at radius 2 is 2.00 bits per heavy atom. The number of nitrogens with zero attached hydrogens (tertiary/aromatic N) is 1. The minimum atomic E-state index is -1.16. The molecule has 0 aliphatic carbocycles. The Morgan fingerprint density at radius 1 is 1.33 bits per heavy atom. The second kappa shape index (κ2) is 5.14. The topological polar surface area (TPSA) is 66.8 Å². The van der Waals surface area contributed by atoms with Crippen LogP contribution in [0, 0.1) is 0 Å². The average Bonchev–Trinajstić information content (AvgIpc) is 2.32. The molecule has 1 amide bonds. The van der Waals surface area contributed by atoms with Gasteiger partial charge in [-0.2, -0.15) is 0 Å². The van der Waals surface area contributed by atoms with Crippen LogP contribution < -0.4 is 4.90 Å². The Hall–Kier alpha value is -1.30. The SMILES string of the molecule is O=C(O)c1cc(Cl)c(Cl)cc1N1CCOCC1=O. The molecule has 0 aromatic heterocycles. The van der Waals surface area contributed by atoms with Crippen LogP contribution in [0.1, 0.15) is 10.4 Å². The first kappa shape index (κ1) is 13.1. The molecule has 0 unspecified atom stereocenters. The van der Waals surface area contributed by atoms with Gasteiger partial charge in [-0.05, 0) is 12.1 Å². The largest absolute Gasteiger partial charge is 0.478 e. The van der Waals surface area contributed by atoms with Crippen molar-refractivity contribution in [2.45, 2.75) is 0 Å². The number of hydrogen-bond acceptors (Lipinski definition) is 3. The molecule has 2 rings (SSSR count). The number of carbonyl (C=O) groups excluding carboxylic acids is 1. The summed E-state index contributed by atoms with van der Waals surface area (Å²) in [6.07, 6.45) is 0. The molecule has 0 spiro atoms.